The maximum absolute atomic E-state index is 12.8. The van der Waals surface area contributed by atoms with Crippen LogP contribution in [0.15, 0.2) is 53.0 Å². The molecule has 1 fully saturated rings. The lowest BCUT2D eigenvalue weighted by molar-refractivity contribution is 0.0167. The molecule has 0 saturated carbocycles. The van der Waals surface area contributed by atoms with E-state index in [1.165, 1.54) is 0 Å². The zero-order chi connectivity index (χ0) is 24.1. The minimum absolute atomic E-state index is 0.0522. The molecule has 9 heteroatoms. The van der Waals surface area contributed by atoms with Gasteiger partial charge < -0.3 is 15.4 Å². The van der Waals surface area contributed by atoms with Crippen molar-refractivity contribution in [1.29, 1.82) is 0 Å². The second kappa shape index (κ2) is 11.6. The average molecular weight is 564 g/mol. The number of rotatable bonds is 7. The summed E-state index contributed by atoms with van der Waals surface area (Å²) in [6.07, 6.45) is 0. The Morgan fingerprint density at radius 2 is 1.85 bits per heavy atom. The van der Waals surface area contributed by atoms with Crippen molar-refractivity contribution < 1.29 is 9.53 Å². The van der Waals surface area contributed by atoms with Gasteiger partial charge in [-0.15, -0.1) is 11.3 Å². The van der Waals surface area contributed by atoms with Gasteiger partial charge in [0.2, 0.25) is 0 Å². The van der Waals surface area contributed by atoms with E-state index in [9.17, 15) is 4.79 Å². The van der Waals surface area contributed by atoms with Gasteiger partial charge in [0, 0.05) is 34.7 Å². The van der Waals surface area contributed by atoms with Crippen LogP contribution in [0.3, 0.4) is 0 Å². The maximum Gasteiger partial charge on any atom is 0.315 e. The molecule has 0 spiro atoms. The third-order valence-corrected chi connectivity index (χ3v) is 8.03. The maximum atomic E-state index is 12.8. The third kappa shape index (κ3) is 6.37. The van der Waals surface area contributed by atoms with E-state index in [4.69, 9.17) is 21.3 Å². The third-order valence-electron chi connectivity index (χ3n) is 5.86. The predicted molar refractivity (Wildman–Crippen MR) is 142 cm³/mol. The number of hydrogen-bond donors (Lipinski definition) is 2. The molecule has 2 aromatic carbocycles. The van der Waals surface area contributed by atoms with Crippen LogP contribution in [0.2, 0.25) is 5.02 Å². The molecule has 2 atom stereocenters. The molecule has 6 nitrogen and oxygen atoms in total. The Morgan fingerprint density at radius 3 is 2.53 bits per heavy atom. The fraction of sp³-hybridized carbons (Fsp3) is 0.360. The summed E-state index contributed by atoms with van der Waals surface area (Å²) in [7, 11) is 0. The van der Waals surface area contributed by atoms with E-state index in [1.807, 2.05) is 62.4 Å². The van der Waals surface area contributed by atoms with Gasteiger partial charge in [0.15, 0.2) is 0 Å². The molecule has 0 aliphatic carbocycles. The van der Waals surface area contributed by atoms with Crippen molar-refractivity contribution in [3.8, 4) is 10.6 Å². The number of nitrogens with one attached hydrogen (secondary N) is 2. The Kier molecular flexibility index (Phi) is 8.60. The molecule has 1 aliphatic rings. The highest BCUT2D eigenvalue weighted by atomic mass is 79.9. The zero-order valence-corrected chi connectivity index (χ0v) is 22.3. The second-order valence-electron chi connectivity index (χ2n) is 8.27. The Bertz CT molecular complexity index is 1100. The predicted octanol–water partition coefficient (Wildman–Crippen LogP) is 5.97. The molecule has 1 aliphatic heterocycles. The number of carbonyl (C=O) groups excluding carboxylic acids is 1. The number of amides is 2. The summed E-state index contributed by atoms with van der Waals surface area (Å²) in [5, 5.41) is 7.80. The highest BCUT2D eigenvalue weighted by molar-refractivity contribution is 9.10. The topological polar surface area (TPSA) is 66.5 Å². The summed E-state index contributed by atoms with van der Waals surface area (Å²) in [5.74, 6) is 0. The molecule has 0 bridgehead atoms. The number of nitrogens with zero attached hydrogens (tertiary/aromatic N) is 2. The van der Waals surface area contributed by atoms with Crippen LogP contribution in [0.25, 0.3) is 10.6 Å². The number of morpholine rings is 1. The van der Waals surface area contributed by atoms with Crippen LogP contribution in [0, 0.1) is 6.92 Å². The van der Waals surface area contributed by atoms with Crippen LogP contribution in [-0.4, -0.2) is 48.8 Å². The van der Waals surface area contributed by atoms with Crippen molar-refractivity contribution >= 4 is 44.9 Å². The van der Waals surface area contributed by atoms with Gasteiger partial charge in [0.05, 0.1) is 35.9 Å². The van der Waals surface area contributed by atoms with E-state index in [2.05, 4.69) is 31.5 Å². The first-order valence-corrected chi connectivity index (χ1v) is 13.2. The van der Waals surface area contributed by atoms with E-state index in [0.717, 1.165) is 44.3 Å². The number of benzene rings is 2. The van der Waals surface area contributed by atoms with Crippen molar-refractivity contribution in [3.63, 3.8) is 0 Å². The molecule has 2 amide bonds. The molecule has 34 heavy (non-hydrogen) atoms. The second-order valence-corrected chi connectivity index (χ2v) is 10.7. The van der Waals surface area contributed by atoms with Gasteiger partial charge in [-0.3, -0.25) is 4.90 Å². The first-order valence-electron chi connectivity index (χ1n) is 11.3. The van der Waals surface area contributed by atoms with Crippen LogP contribution in [0.5, 0.6) is 0 Å². The fourth-order valence-corrected chi connectivity index (χ4v) is 5.52. The van der Waals surface area contributed by atoms with Gasteiger partial charge in [-0.05, 0) is 43.7 Å². The van der Waals surface area contributed by atoms with Crippen molar-refractivity contribution in [3.05, 3.63) is 74.2 Å². The number of urea groups is 1. The van der Waals surface area contributed by atoms with Crippen LogP contribution >= 0.6 is 38.9 Å². The lowest BCUT2D eigenvalue weighted by Gasteiger charge is -2.35. The van der Waals surface area contributed by atoms with E-state index < -0.39 is 0 Å². The molecule has 2 unspecified atom stereocenters. The summed E-state index contributed by atoms with van der Waals surface area (Å²) < 4.78 is 6.55. The quantitative estimate of drug-likeness (QED) is 0.372. The summed E-state index contributed by atoms with van der Waals surface area (Å²) in [6.45, 7) is 7.50. The molecule has 3 aromatic rings. The number of thiazole rings is 1. The lowest BCUT2D eigenvalue weighted by Crippen LogP contribution is -2.46. The molecule has 0 radical (unpaired) electrons. The van der Waals surface area contributed by atoms with Gasteiger partial charge in [0.25, 0.3) is 0 Å². The molecule has 1 aromatic heterocycles. The van der Waals surface area contributed by atoms with Crippen LogP contribution in [0.1, 0.15) is 35.1 Å². The minimum atomic E-state index is -0.197. The minimum Gasteiger partial charge on any atom is -0.379 e. The molecular formula is C25H28BrClN4O2S. The summed E-state index contributed by atoms with van der Waals surface area (Å²) in [4.78, 5) is 20.9. The molecule has 1 saturated heterocycles. The van der Waals surface area contributed by atoms with E-state index in [-0.39, 0.29) is 18.1 Å². The van der Waals surface area contributed by atoms with E-state index in [0.29, 0.717) is 24.8 Å². The van der Waals surface area contributed by atoms with Crippen molar-refractivity contribution in [2.45, 2.75) is 25.9 Å². The highest BCUT2D eigenvalue weighted by Gasteiger charge is 2.24. The Morgan fingerprint density at radius 1 is 1.18 bits per heavy atom. The number of aryl methyl sites for hydroxylation is 1. The number of carbonyl (C=O) groups is 1. The molecule has 2 N–H and O–H groups in total. The Labute approximate surface area is 217 Å². The zero-order valence-electron chi connectivity index (χ0n) is 19.2. The van der Waals surface area contributed by atoms with E-state index >= 15 is 0 Å². The van der Waals surface area contributed by atoms with Crippen LogP contribution < -0.4 is 10.6 Å². The smallest absolute Gasteiger partial charge is 0.315 e. The number of hydrogen-bond acceptors (Lipinski definition) is 5. The van der Waals surface area contributed by atoms with Gasteiger partial charge in [-0.25, -0.2) is 9.78 Å². The number of halogens is 2. The van der Waals surface area contributed by atoms with Crippen LogP contribution in [-0.2, 0) is 4.74 Å². The van der Waals surface area contributed by atoms with Crippen molar-refractivity contribution in [2.24, 2.45) is 0 Å². The number of aromatic nitrogens is 1. The van der Waals surface area contributed by atoms with Gasteiger partial charge >= 0.3 is 6.03 Å². The van der Waals surface area contributed by atoms with Gasteiger partial charge in [-0.2, -0.15) is 0 Å². The van der Waals surface area contributed by atoms with Gasteiger partial charge in [-0.1, -0.05) is 51.8 Å². The molecule has 180 valence electrons. The van der Waals surface area contributed by atoms with Crippen LogP contribution in [0.4, 0.5) is 4.79 Å². The summed E-state index contributed by atoms with van der Waals surface area (Å²) in [6, 6.07) is 15.6. The fourth-order valence-electron chi connectivity index (χ4n) is 4.06. The Balaban J connectivity index is 1.40. The molecular weight excluding hydrogens is 536 g/mol. The monoisotopic (exact) mass is 562 g/mol. The summed E-state index contributed by atoms with van der Waals surface area (Å²) in [5.41, 5.74) is 3.12. The molecule has 4 rings (SSSR count). The Hall–Kier alpha value is -1.97. The first kappa shape index (κ1) is 25.1. The largest absolute Gasteiger partial charge is 0.379 e. The van der Waals surface area contributed by atoms with Gasteiger partial charge in [0.1, 0.15) is 5.01 Å². The van der Waals surface area contributed by atoms with Crippen molar-refractivity contribution in [2.75, 3.05) is 32.8 Å². The summed E-state index contributed by atoms with van der Waals surface area (Å²) >= 11 is 11.2. The molecule has 2 heterocycles. The SMILES string of the molecule is Cc1nc(-c2ccc(Br)cc2)sc1C(C)NC(=O)NCC(c1ccc(Cl)cc1)N1CCOCC1. The highest BCUT2D eigenvalue weighted by Crippen LogP contribution is 2.32. The number of ether oxygens (including phenoxy) is 1. The normalized spacial score (nSPS) is 16.1. The van der Waals surface area contributed by atoms with Crippen molar-refractivity contribution in [1.82, 2.24) is 20.5 Å². The lowest BCUT2D eigenvalue weighted by atomic mass is 10.0. The van der Waals surface area contributed by atoms with E-state index in [1.54, 1.807) is 11.3 Å². The standard InChI is InChI=1S/C25H28BrClN4O2S/c1-16-23(34-24(29-16)19-3-7-20(26)8-4-19)17(2)30-25(32)28-15-22(31-11-13-33-14-12-31)18-5-9-21(27)10-6-18/h3-10,17,22H,11-15H2,1-2H3,(H2,28,30,32). The average Bonchev–Trinajstić information content (AvgIpc) is 3.23. The first-order chi connectivity index (χ1) is 16.4.